The highest BCUT2D eigenvalue weighted by Crippen LogP contribution is 2.34. The molecular formula is C37H48N4O10S. The zero-order chi connectivity index (χ0) is 37.4. The van der Waals surface area contributed by atoms with Crippen LogP contribution in [0.3, 0.4) is 0 Å². The van der Waals surface area contributed by atoms with E-state index in [4.69, 9.17) is 23.7 Å². The molecule has 0 saturated carbocycles. The number of aliphatic hydroxyl groups excluding tert-OH is 1. The van der Waals surface area contributed by atoms with Gasteiger partial charge in [0, 0.05) is 50.1 Å². The first-order valence-corrected chi connectivity index (χ1v) is 18.8. The van der Waals surface area contributed by atoms with Crippen molar-refractivity contribution in [1.29, 1.82) is 0 Å². The molecule has 5 rings (SSSR count). The van der Waals surface area contributed by atoms with Crippen LogP contribution in [0.4, 0.5) is 16.2 Å². The molecule has 2 aliphatic heterocycles. The highest BCUT2D eigenvalue weighted by molar-refractivity contribution is 7.89. The van der Waals surface area contributed by atoms with Crippen LogP contribution in [-0.4, -0.2) is 100 Å². The molecule has 52 heavy (non-hydrogen) atoms. The minimum atomic E-state index is -3.87. The lowest BCUT2D eigenvalue weighted by Gasteiger charge is -2.35. The van der Waals surface area contributed by atoms with E-state index >= 15 is 0 Å². The zero-order valence-corrected chi connectivity index (χ0v) is 31.0. The van der Waals surface area contributed by atoms with Crippen molar-refractivity contribution in [3.05, 3.63) is 66.2 Å². The number of urea groups is 1. The minimum absolute atomic E-state index is 0.0354. The molecule has 0 radical (unpaired) electrons. The second-order valence-corrected chi connectivity index (χ2v) is 15.2. The molecule has 0 bridgehead atoms. The van der Waals surface area contributed by atoms with E-state index in [0.29, 0.717) is 47.4 Å². The second kappa shape index (κ2) is 17.3. The predicted octanol–water partition coefficient (Wildman–Crippen LogP) is 5.18. The minimum Gasteiger partial charge on any atom is -0.497 e. The molecule has 282 valence electrons. The highest BCUT2D eigenvalue weighted by atomic mass is 32.2. The number of sulfonamides is 1. The first kappa shape index (κ1) is 38.7. The van der Waals surface area contributed by atoms with Gasteiger partial charge < -0.3 is 44.3 Å². The Morgan fingerprint density at radius 1 is 1.00 bits per heavy atom. The van der Waals surface area contributed by atoms with Gasteiger partial charge in [-0.25, -0.2) is 13.2 Å². The molecule has 0 unspecified atom stereocenters. The number of methoxy groups -OCH3 is 1. The van der Waals surface area contributed by atoms with Gasteiger partial charge in [-0.1, -0.05) is 6.92 Å². The topological polar surface area (TPSA) is 165 Å². The van der Waals surface area contributed by atoms with E-state index in [2.05, 4.69) is 10.6 Å². The van der Waals surface area contributed by atoms with Crippen LogP contribution in [0.25, 0.3) is 0 Å². The number of likely N-dealkylation sites (N-methyl/N-ethyl adjacent to an activating group) is 1. The van der Waals surface area contributed by atoms with Gasteiger partial charge in [0.05, 0.1) is 42.4 Å². The van der Waals surface area contributed by atoms with Gasteiger partial charge in [0.15, 0.2) is 11.5 Å². The van der Waals surface area contributed by atoms with Gasteiger partial charge in [-0.2, -0.15) is 4.31 Å². The Kier molecular flexibility index (Phi) is 12.9. The summed E-state index contributed by atoms with van der Waals surface area (Å²) >= 11 is 0. The van der Waals surface area contributed by atoms with E-state index in [1.807, 2.05) is 13.8 Å². The van der Waals surface area contributed by atoms with Gasteiger partial charge in [-0.15, -0.1) is 0 Å². The summed E-state index contributed by atoms with van der Waals surface area (Å²) < 4.78 is 56.9. The lowest BCUT2D eigenvalue weighted by atomic mass is 10.0. The summed E-state index contributed by atoms with van der Waals surface area (Å²) in [6.07, 6.45) is 1.34. The van der Waals surface area contributed by atoms with Gasteiger partial charge in [0.1, 0.15) is 11.5 Å². The van der Waals surface area contributed by atoms with Crippen molar-refractivity contribution in [3.8, 4) is 23.0 Å². The van der Waals surface area contributed by atoms with Crippen molar-refractivity contribution in [1.82, 2.24) is 9.21 Å². The first-order chi connectivity index (χ1) is 24.9. The molecule has 0 fully saturated rings. The van der Waals surface area contributed by atoms with Gasteiger partial charge in [-0.3, -0.25) is 4.79 Å². The maximum atomic E-state index is 14.4. The SMILES string of the molecule is COc1ccc(S(=O)(=O)N(C)C[C@@H]2OCCCC[C@@H](C)Oc3ccc(NC(=O)Nc4ccc5c(c4)OCO5)cc3C(=O)N([C@@H](C)CO)C[C@@H]2C)cc1. The molecule has 0 aliphatic carbocycles. The van der Waals surface area contributed by atoms with Crippen LogP contribution in [0, 0.1) is 5.92 Å². The number of benzene rings is 3. The number of anilines is 2. The third kappa shape index (κ3) is 9.45. The number of rotatable bonds is 9. The Labute approximate surface area is 305 Å². The van der Waals surface area contributed by atoms with Gasteiger partial charge in [0.25, 0.3) is 5.91 Å². The summed E-state index contributed by atoms with van der Waals surface area (Å²) in [6.45, 7) is 5.90. The van der Waals surface area contributed by atoms with Crippen LogP contribution >= 0.6 is 0 Å². The first-order valence-electron chi connectivity index (χ1n) is 17.3. The average Bonchev–Trinajstić information content (AvgIpc) is 3.60. The van der Waals surface area contributed by atoms with Gasteiger partial charge in [-0.05, 0) is 87.7 Å². The fraction of sp³-hybridized carbons (Fsp3) is 0.459. The fourth-order valence-corrected chi connectivity index (χ4v) is 7.19. The lowest BCUT2D eigenvalue weighted by molar-refractivity contribution is -0.00834. The standard InChI is InChI=1S/C37H48N4O10S/c1-24-20-41(25(2)22-42)36(43)31-18-27(38-37(44)39-28-10-16-33-34(19-28)50-23-49-33)9-15-32(31)51-26(3)8-6-7-17-48-35(24)21-40(4)52(45,46)30-13-11-29(47-5)12-14-30/h9-16,18-19,24-26,35,42H,6-8,17,20-23H2,1-5H3,(H2,38,39,44)/t24-,25-,26+,35-/m0/s1. The fourth-order valence-electron chi connectivity index (χ4n) is 6.01. The predicted molar refractivity (Wildman–Crippen MR) is 195 cm³/mol. The van der Waals surface area contributed by atoms with Crippen molar-refractivity contribution < 1.29 is 46.8 Å². The summed E-state index contributed by atoms with van der Waals surface area (Å²) in [7, 11) is -0.850. The Bertz CT molecular complexity index is 1810. The second-order valence-electron chi connectivity index (χ2n) is 13.1. The Balaban J connectivity index is 1.39. The summed E-state index contributed by atoms with van der Waals surface area (Å²) in [4.78, 5) is 29.1. The molecule has 3 aromatic carbocycles. The number of amides is 3. The van der Waals surface area contributed by atoms with E-state index in [0.717, 1.165) is 12.8 Å². The Morgan fingerprint density at radius 3 is 2.37 bits per heavy atom. The van der Waals surface area contributed by atoms with Gasteiger partial charge >= 0.3 is 6.03 Å². The number of hydrogen-bond donors (Lipinski definition) is 3. The van der Waals surface area contributed by atoms with Crippen LogP contribution in [0.1, 0.15) is 50.4 Å². The van der Waals surface area contributed by atoms with Crippen LogP contribution in [0.2, 0.25) is 0 Å². The van der Waals surface area contributed by atoms with E-state index < -0.39 is 34.1 Å². The molecule has 14 nitrogen and oxygen atoms in total. The maximum absolute atomic E-state index is 14.4. The third-order valence-corrected chi connectivity index (χ3v) is 11.0. The molecule has 0 saturated heterocycles. The van der Waals surface area contributed by atoms with Crippen molar-refractivity contribution in [2.45, 2.75) is 63.2 Å². The van der Waals surface area contributed by atoms with Crippen LogP contribution < -0.4 is 29.6 Å². The number of nitrogens with one attached hydrogen (secondary N) is 2. The van der Waals surface area contributed by atoms with Crippen molar-refractivity contribution >= 4 is 33.3 Å². The number of carbonyl (C=O) groups is 2. The largest absolute Gasteiger partial charge is 0.497 e. The molecule has 3 N–H and O–H groups in total. The summed E-state index contributed by atoms with van der Waals surface area (Å²) in [5.74, 6) is 1.21. The summed E-state index contributed by atoms with van der Waals surface area (Å²) in [5.41, 5.74) is 1.04. The molecule has 3 amide bonds. The number of ether oxygens (including phenoxy) is 5. The monoisotopic (exact) mass is 740 g/mol. The van der Waals surface area contributed by atoms with Crippen molar-refractivity contribution in [3.63, 3.8) is 0 Å². The molecule has 15 heteroatoms. The summed E-state index contributed by atoms with van der Waals surface area (Å²) in [6, 6.07) is 14.9. The summed E-state index contributed by atoms with van der Waals surface area (Å²) in [5, 5.41) is 15.8. The Hall–Kier alpha value is -4.57. The molecule has 2 heterocycles. The number of carbonyl (C=O) groups excluding carboxylic acids is 2. The normalized spacial score (nSPS) is 20.3. The van der Waals surface area contributed by atoms with Crippen molar-refractivity contribution in [2.75, 3.05) is 57.9 Å². The molecule has 3 aromatic rings. The number of hydrogen-bond acceptors (Lipinski definition) is 10. The highest BCUT2D eigenvalue weighted by Gasteiger charge is 2.32. The average molecular weight is 741 g/mol. The molecule has 0 spiro atoms. The number of fused-ring (bicyclic) bond motifs is 2. The lowest BCUT2D eigenvalue weighted by Crippen LogP contribution is -2.48. The quantitative estimate of drug-likeness (QED) is 0.266. The maximum Gasteiger partial charge on any atom is 0.323 e. The third-order valence-electron chi connectivity index (χ3n) is 9.14. The smallest absolute Gasteiger partial charge is 0.323 e. The van der Waals surface area contributed by atoms with E-state index in [-0.39, 0.29) is 49.0 Å². The molecule has 2 aliphatic rings. The zero-order valence-electron chi connectivity index (χ0n) is 30.2. The van der Waals surface area contributed by atoms with Crippen LogP contribution in [0.15, 0.2) is 65.6 Å². The molecule has 4 atom stereocenters. The Morgan fingerprint density at radius 2 is 1.67 bits per heavy atom. The molecular weight excluding hydrogens is 692 g/mol. The van der Waals surface area contributed by atoms with E-state index in [9.17, 15) is 23.1 Å². The molecule has 0 aromatic heterocycles. The van der Waals surface area contributed by atoms with Gasteiger partial charge in [0.2, 0.25) is 16.8 Å². The van der Waals surface area contributed by atoms with Crippen LogP contribution in [0.5, 0.6) is 23.0 Å². The van der Waals surface area contributed by atoms with E-state index in [1.165, 1.54) is 35.5 Å². The van der Waals surface area contributed by atoms with Crippen molar-refractivity contribution in [2.24, 2.45) is 5.92 Å². The van der Waals surface area contributed by atoms with E-state index in [1.54, 1.807) is 55.5 Å². The van der Waals surface area contributed by atoms with Crippen LogP contribution in [-0.2, 0) is 14.8 Å². The number of aliphatic hydroxyl groups is 1. The number of nitrogens with zero attached hydrogens (tertiary/aromatic N) is 2.